The van der Waals surface area contributed by atoms with Gasteiger partial charge in [-0.2, -0.15) is 0 Å². The Morgan fingerprint density at radius 1 is 1.32 bits per heavy atom. The molecule has 1 aromatic carbocycles. The van der Waals surface area contributed by atoms with Crippen molar-refractivity contribution >= 4 is 5.97 Å². The van der Waals surface area contributed by atoms with E-state index in [1.54, 1.807) is 0 Å². The minimum atomic E-state index is -0.600. The zero-order valence-electron chi connectivity index (χ0n) is 13.7. The van der Waals surface area contributed by atoms with Gasteiger partial charge in [-0.15, -0.1) is 0 Å². The van der Waals surface area contributed by atoms with Crippen LogP contribution in [-0.2, 0) is 11.3 Å². The van der Waals surface area contributed by atoms with Crippen LogP contribution in [0.4, 0.5) is 0 Å². The van der Waals surface area contributed by atoms with Crippen LogP contribution in [0.5, 0.6) is 0 Å². The number of carbonyl (C=O) groups is 1. The second-order valence-corrected chi connectivity index (χ2v) is 7.56. The first kappa shape index (κ1) is 15.5. The van der Waals surface area contributed by atoms with Gasteiger partial charge in [0, 0.05) is 25.0 Å². The molecule has 0 bridgehead atoms. The lowest BCUT2D eigenvalue weighted by atomic mass is 9.60. The summed E-state index contributed by atoms with van der Waals surface area (Å²) in [6.07, 6.45) is 3.41. The fourth-order valence-corrected chi connectivity index (χ4v) is 4.79. The molecule has 3 nitrogen and oxygen atoms in total. The molecule has 120 valence electrons. The van der Waals surface area contributed by atoms with Gasteiger partial charge in [0.15, 0.2) is 0 Å². The number of aliphatic carboxylic acids is 1. The quantitative estimate of drug-likeness (QED) is 0.926. The number of carboxylic acids is 1. The van der Waals surface area contributed by atoms with Gasteiger partial charge in [-0.25, -0.2) is 0 Å². The highest BCUT2D eigenvalue weighted by atomic mass is 16.4. The van der Waals surface area contributed by atoms with Crippen LogP contribution in [0.2, 0.25) is 0 Å². The lowest BCUT2D eigenvalue weighted by Crippen LogP contribution is -2.44. The predicted octanol–water partition coefficient (Wildman–Crippen LogP) is 3.65. The fraction of sp³-hybridized carbons (Fsp3) is 0.632. The SMILES string of the molecule is CC1CCC2(CN(Cc3ccccc3)CC2C(=O)O)C(C)C1. The molecule has 1 saturated carbocycles. The Kier molecular flexibility index (Phi) is 4.26. The zero-order valence-corrected chi connectivity index (χ0v) is 13.7. The van der Waals surface area contributed by atoms with Crippen LogP contribution in [0.15, 0.2) is 30.3 Å². The number of hydrogen-bond donors (Lipinski definition) is 1. The van der Waals surface area contributed by atoms with E-state index in [1.807, 2.05) is 6.07 Å². The highest BCUT2D eigenvalue weighted by Gasteiger charge is 2.54. The van der Waals surface area contributed by atoms with E-state index in [0.29, 0.717) is 12.5 Å². The van der Waals surface area contributed by atoms with Crippen LogP contribution >= 0.6 is 0 Å². The van der Waals surface area contributed by atoms with E-state index in [2.05, 4.69) is 43.0 Å². The zero-order chi connectivity index (χ0) is 15.7. The van der Waals surface area contributed by atoms with E-state index in [-0.39, 0.29) is 11.3 Å². The predicted molar refractivity (Wildman–Crippen MR) is 87.5 cm³/mol. The second-order valence-electron chi connectivity index (χ2n) is 7.56. The summed E-state index contributed by atoms with van der Waals surface area (Å²) >= 11 is 0. The number of nitrogens with zero attached hydrogens (tertiary/aromatic N) is 1. The normalized spacial score (nSPS) is 35.8. The summed E-state index contributed by atoms with van der Waals surface area (Å²) in [6, 6.07) is 10.4. The molecule has 1 aliphatic heterocycles. The third kappa shape index (κ3) is 2.79. The summed E-state index contributed by atoms with van der Waals surface area (Å²) in [4.78, 5) is 14.2. The Morgan fingerprint density at radius 2 is 2.05 bits per heavy atom. The molecule has 1 spiro atoms. The molecule has 4 unspecified atom stereocenters. The minimum absolute atomic E-state index is 0.0207. The highest BCUT2D eigenvalue weighted by Crippen LogP contribution is 2.52. The summed E-state index contributed by atoms with van der Waals surface area (Å²) in [5.41, 5.74) is 1.26. The molecule has 22 heavy (non-hydrogen) atoms. The van der Waals surface area contributed by atoms with Crippen molar-refractivity contribution in [1.29, 1.82) is 0 Å². The van der Waals surface area contributed by atoms with Crippen molar-refractivity contribution in [3.05, 3.63) is 35.9 Å². The molecule has 4 atom stereocenters. The monoisotopic (exact) mass is 301 g/mol. The molecule has 0 radical (unpaired) electrons. The van der Waals surface area contributed by atoms with Crippen LogP contribution in [0.1, 0.15) is 38.7 Å². The maximum atomic E-state index is 11.9. The van der Waals surface area contributed by atoms with Gasteiger partial charge in [0.2, 0.25) is 0 Å². The molecule has 2 aliphatic rings. The first-order chi connectivity index (χ1) is 10.5. The lowest BCUT2D eigenvalue weighted by molar-refractivity contribution is -0.147. The van der Waals surface area contributed by atoms with E-state index < -0.39 is 5.97 Å². The van der Waals surface area contributed by atoms with Gasteiger partial charge in [-0.1, -0.05) is 50.6 Å². The summed E-state index contributed by atoms with van der Waals surface area (Å²) in [6.45, 7) is 7.08. The minimum Gasteiger partial charge on any atom is -0.481 e. The van der Waals surface area contributed by atoms with E-state index in [1.165, 1.54) is 18.4 Å². The Morgan fingerprint density at radius 3 is 2.68 bits per heavy atom. The fourth-order valence-electron chi connectivity index (χ4n) is 4.79. The molecule has 3 rings (SSSR count). The first-order valence-corrected chi connectivity index (χ1v) is 8.50. The summed E-state index contributed by atoms with van der Waals surface area (Å²) in [5, 5.41) is 9.77. The molecular weight excluding hydrogens is 274 g/mol. The lowest BCUT2D eigenvalue weighted by Gasteiger charge is -2.44. The third-order valence-corrected chi connectivity index (χ3v) is 6.04. The van der Waals surface area contributed by atoms with E-state index >= 15 is 0 Å². The molecule has 0 aromatic heterocycles. The van der Waals surface area contributed by atoms with Gasteiger partial charge >= 0.3 is 5.97 Å². The van der Waals surface area contributed by atoms with Crippen molar-refractivity contribution in [2.24, 2.45) is 23.2 Å². The van der Waals surface area contributed by atoms with Crippen LogP contribution in [0, 0.1) is 23.2 Å². The van der Waals surface area contributed by atoms with Gasteiger partial charge in [0.1, 0.15) is 0 Å². The number of carboxylic acid groups (broad SMARTS) is 1. The Hall–Kier alpha value is -1.35. The van der Waals surface area contributed by atoms with Crippen molar-refractivity contribution in [2.75, 3.05) is 13.1 Å². The average molecular weight is 301 g/mol. The topological polar surface area (TPSA) is 40.5 Å². The molecule has 1 aromatic rings. The van der Waals surface area contributed by atoms with Crippen molar-refractivity contribution in [1.82, 2.24) is 4.90 Å². The number of hydrogen-bond acceptors (Lipinski definition) is 2. The summed E-state index contributed by atoms with van der Waals surface area (Å²) in [5.74, 6) is 0.423. The Balaban J connectivity index is 1.79. The molecule has 0 amide bonds. The second kappa shape index (κ2) is 6.04. The van der Waals surface area contributed by atoms with Crippen LogP contribution in [-0.4, -0.2) is 29.1 Å². The molecule has 1 aliphatic carbocycles. The van der Waals surface area contributed by atoms with E-state index in [0.717, 1.165) is 25.4 Å². The van der Waals surface area contributed by atoms with Crippen LogP contribution < -0.4 is 0 Å². The molecule has 1 N–H and O–H groups in total. The van der Waals surface area contributed by atoms with Crippen molar-refractivity contribution in [2.45, 2.75) is 39.7 Å². The van der Waals surface area contributed by atoms with Gasteiger partial charge in [-0.05, 0) is 30.2 Å². The van der Waals surface area contributed by atoms with Gasteiger partial charge in [-0.3, -0.25) is 9.69 Å². The maximum Gasteiger partial charge on any atom is 0.308 e. The maximum absolute atomic E-state index is 11.9. The van der Waals surface area contributed by atoms with Gasteiger partial charge in [0.25, 0.3) is 0 Å². The Labute approximate surface area is 133 Å². The van der Waals surface area contributed by atoms with Crippen molar-refractivity contribution in [3.8, 4) is 0 Å². The number of likely N-dealkylation sites (tertiary alicyclic amines) is 1. The van der Waals surface area contributed by atoms with Gasteiger partial charge in [0.05, 0.1) is 5.92 Å². The van der Waals surface area contributed by atoms with Crippen molar-refractivity contribution < 1.29 is 9.90 Å². The Bertz CT molecular complexity index is 529. The molecular formula is C19H27NO2. The average Bonchev–Trinajstić information content (AvgIpc) is 2.85. The van der Waals surface area contributed by atoms with E-state index in [9.17, 15) is 9.90 Å². The highest BCUT2D eigenvalue weighted by molar-refractivity contribution is 5.72. The van der Waals surface area contributed by atoms with Crippen LogP contribution in [0.3, 0.4) is 0 Å². The standard InChI is InChI=1S/C19H27NO2/c1-14-8-9-19(15(2)10-14)13-20(12-17(19)18(21)22)11-16-6-4-3-5-7-16/h3-7,14-15,17H,8-13H2,1-2H3,(H,21,22). The largest absolute Gasteiger partial charge is 0.481 e. The first-order valence-electron chi connectivity index (χ1n) is 8.50. The number of benzene rings is 1. The van der Waals surface area contributed by atoms with Crippen LogP contribution in [0.25, 0.3) is 0 Å². The smallest absolute Gasteiger partial charge is 0.308 e. The van der Waals surface area contributed by atoms with E-state index in [4.69, 9.17) is 0 Å². The van der Waals surface area contributed by atoms with Gasteiger partial charge < -0.3 is 5.11 Å². The third-order valence-electron chi connectivity index (χ3n) is 6.04. The molecule has 3 heteroatoms. The number of rotatable bonds is 3. The molecule has 1 heterocycles. The van der Waals surface area contributed by atoms with Crippen molar-refractivity contribution in [3.63, 3.8) is 0 Å². The molecule has 1 saturated heterocycles. The summed E-state index contributed by atoms with van der Waals surface area (Å²) in [7, 11) is 0. The summed E-state index contributed by atoms with van der Waals surface area (Å²) < 4.78 is 0. The molecule has 2 fully saturated rings.